The number of carbonyl (C=O) groups is 1. The summed E-state index contributed by atoms with van der Waals surface area (Å²) in [5, 5.41) is 15.9. The highest BCUT2D eigenvalue weighted by atomic mass is 79.9. The Labute approximate surface area is 138 Å². The van der Waals surface area contributed by atoms with E-state index in [9.17, 15) is 9.90 Å². The molecular formula is C15H22BrNO3S. The Hall–Kier alpha value is -0.430. The smallest absolute Gasteiger partial charge is 0.308 e. The maximum Gasteiger partial charge on any atom is 0.308 e. The number of carbonyl (C=O) groups excluding carboxylic acids is 1. The second kappa shape index (κ2) is 7.72. The summed E-state index contributed by atoms with van der Waals surface area (Å²) in [6, 6.07) is 2.03. The molecule has 2 rings (SSSR count). The lowest BCUT2D eigenvalue weighted by molar-refractivity contribution is -0.151. The zero-order valence-electron chi connectivity index (χ0n) is 12.2. The molecule has 1 aliphatic rings. The molecule has 1 aromatic heterocycles. The molecule has 0 saturated heterocycles. The maximum absolute atomic E-state index is 11.7. The van der Waals surface area contributed by atoms with E-state index in [-0.39, 0.29) is 11.9 Å². The lowest BCUT2D eigenvalue weighted by atomic mass is 9.79. The molecule has 4 nitrogen and oxygen atoms in total. The molecule has 0 bridgehead atoms. The highest BCUT2D eigenvalue weighted by molar-refractivity contribution is 9.10. The zero-order valence-corrected chi connectivity index (χ0v) is 14.6. The van der Waals surface area contributed by atoms with Gasteiger partial charge in [0.2, 0.25) is 0 Å². The fourth-order valence-electron chi connectivity index (χ4n) is 2.69. The maximum atomic E-state index is 11.7. The van der Waals surface area contributed by atoms with E-state index in [4.69, 9.17) is 4.74 Å². The molecule has 2 N–H and O–H groups in total. The van der Waals surface area contributed by atoms with Crippen LogP contribution < -0.4 is 5.32 Å². The first-order valence-corrected chi connectivity index (χ1v) is 9.03. The van der Waals surface area contributed by atoms with Crippen molar-refractivity contribution in [1.82, 2.24) is 5.32 Å². The van der Waals surface area contributed by atoms with Gasteiger partial charge in [0.15, 0.2) is 0 Å². The van der Waals surface area contributed by atoms with E-state index in [0.717, 1.165) is 11.0 Å². The van der Waals surface area contributed by atoms with Crippen LogP contribution in [0, 0.1) is 5.92 Å². The van der Waals surface area contributed by atoms with E-state index >= 15 is 0 Å². The summed E-state index contributed by atoms with van der Waals surface area (Å²) in [6.45, 7) is 3.56. The average Bonchev–Trinajstić information content (AvgIpc) is 2.85. The van der Waals surface area contributed by atoms with E-state index in [1.807, 2.05) is 18.4 Å². The summed E-state index contributed by atoms with van der Waals surface area (Å²) in [5.41, 5.74) is -0.702. The van der Waals surface area contributed by atoms with Crippen LogP contribution in [0.25, 0.3) is 0 Å². The van der Waals surface area contributed by atoms with Gasteiger partial charge in [-0.3, -0.25) is 4.79 Å². The van der Waals surface area contributed by atoms with Gasteiger partial charge >= 0.3 is 5.97 Å². The van der Waals surface area contributed by atoms with Crippen LogP contribution >= 0.6 is 27.3 Å². The molecule has 6 heteroatoms. The van der Waals surface area contributed by atoms with Crippen molar-refractivity contribution in [2.24, 2.45) is 5.92 Å². The molecular weight excluding hydrogens is 354 g/mol. The van der Waals surface area contributed by atoms with Crippen molar-refractivity contribution in [2.75, 3.05) is 13.2 Å². The van der Waals surface area contributed by atoms with E-state index in [0.29, 0.717) is 38.8 Å². The molecule has 118 valence electrons. The van der Waals surface area contributed by atoms with Crippen LogP contribution in [0.3, 0.4) is 0 Å². The van der Waals surface area contributed by atoms with Gasteiger partial charge in [0, 0.05) is 22.4 Å². The largest absolute Gasteiger partial charge is 0.466 e. The van der Waals surface area contributed by atoms with Crippen LogP contribution in [0.1, 0.15) is 37.5 Å². The van der Waals surface area contributed by atoms with Crippen LogP contribution in [0.4, 0.5) is 0 Å². The number of nitrogens with one attached hydrogen (secondary N) is 1. The van der Waals surface area contributed by atoms with Gasteiger partial charge in [-0.15, -0.1) is 11.3 Å². The Morgan fingerprint density at radius 3 is 2.86 bits per heavy atom. The van der Waals surface area contributed by atoms with Crippen molar-refractivity contribution in [3.63, 3.8) is 0 Å². The number of thiophene rings is 1. The molecule has 1 fully saturated rings. The summed E-state index contributed by atoms with van der Waals surface area (Å²) in [4.78, 5) is 12.9. The first-order chi connectivity index (χ1) is 10.0. The first kappa shape index (κ1) is 16.9. The minimum absolute atomic E-state index is 0.0448. The van der Waals surface area contributed by atoms with E-state index < -0.39 is 5.60 Å². The Balaban J connectivity index is 1.74. The van der Waals surface area contributed by atoms with Gasteiger partial charge in [-0.05, 0) is 60.0 Å². The molecule has 0 aliphatic heterocycles. The standard InChI is InChI=1S/C15H22BrNO3S/c1-2-20-14(18)11-3-6-15(19,7-4-11)10-17-9-13-12(16)5-8-21-13/h5,8,11,17,19H,2-4,6-7,9-10H2,1H3. The van der Waals surface area contributed by atoms with Crippen LogP contribution in [-0.2, 0) is 16.1 Å². The van der Waals surface area contributed by atoms with E-state index in [2.05, 4.69) is 21.2 Å². The Morgan fingerprint density at radius 2 is 2.29 bits per heavy atom. The molecule has 1 aliphatic carbocycles. The molecule has 0 aromatic carbocycles. The van der Waals surface area contributed by atoms with Gasteiger partial charge in [-0.2, -0.15) is 0 Å². The van der Waals surface area contributed by atoms with Gasteiger partial charge in [0.1, 0.15) is 0 Å². The van der Waals surface area contributed by atoms with Gasteiger partial charge in [0.25, 0.3) is 0 Å². The van der Waals surface area contributed by atoms with Crippen molar-refractivity contribution < 1.29 is 14.6 Å². The SMILES string of the molecule is CCOC(=O)C1CCC(O)(CNCc2sccc2Br)CC1. The molecule has 21 heavy (non-hydrogen) atoms. The monoisotopic (exact) mass is 375 g/mol. The van der Waals surface area contributed by atoms with Gasteiger partial charge in [-0.25, -0.2) is 0 Å². The van der Waals surface area contributed by atoms with Crippen molar-refractivity contribution in [3.05, 3.63) is 20.8 Å². The molecule has 1 heterocycles. The fourth-order valence-corrected chi connectivity index (χ4v) is 4.15. The minimum atomic E-state index is -0.702. The average molecular weight is 376 g/mol. The summed E-state index contributed by atoms with van der Waals surface area (Å²) in [5.74, 6) is -0.160. The Kier molecular flexibility index (Phi) is 6.22. The third-order valence-electron chi connectivity index (χ3n) is 3.97. The number of rotatable bonds is 6. The summed E-state index contributed by atoms with van der Waals surface area (Å²) >= 11 is 5.19. The summed E-state index contributed by atoms with van der Waals surface area (Å²) in [7, 11) is 0. The van der Waals surface area contributed by atoms with Crippen molar-refractivity contribution in [2.45, 2.75) is 44.8 Å². The van der Waals surface area contributed by atoms with Gasteiger partial charge in [0.05, 0.1) is 18.1 Å². The van der Waals surface area contributed by atoms with E-state index in [1.54, 1.807) is 11.3 Å². The molecule has 0 atom stereocenters. The van der Waals surface area contributed by atoms with Crippen LogP contribution in [0.15, 0.2) is 15.9 Å². The van der Waals surface area contributed by atoms with Gasteiger partial charge < -0.3 is 15.2 Å². The summed E-state index contributed by atoms with van der Waals surface area (Å²) in [6.07, 6.45) is 2.71. The molecule has 1 aromatic rings. The molecule has 1 saturated carbocycles. The third kappa shape index (κ3) is 4.77. The number of hydrogen-bond acceptors (Lipinski definition) is 5. The van der Waals surface area contributed by atoms with Crippen molar-refractivity contribution in [3.8, 4) is 0 Å². The molecule has 0 unspecified atom stereocenters. The predicted molar refractivity (Wildman–Crippen MR) is 87.3 cm³/mol. The second-order valence-electron chi connectivity index (χ2n) is 5.55. The predicted octanol–water partition coefficient (Wildman–Crippen LogP) is 3.08. The Morgan fingerprint density at radius 1 is 1.57 bits per heavy atom. The lowest BCUT2D eigenvalue weighted by Crippen LogP contribution is -2.44. The Bertz CT molecular complexity index is 469. The van der Waals surface area contributed by atoms with Crippen molar-refractivity contribution in [1.29, 1.82) is 0 Å². The number of aliphatic hydroxyl groups is 1. The number of esters is 1. The molecule has 0 radical (unpaired) electrons. The van der Waals surface area contributed by atoms with E-state index in [1.165, 1.54) is 4.88 Å². The normalized spacial score (nSPS) is 25.8. The van der Waals surface area contributed by atoms with Crippen LogP contribution in [-0.4, -0.2) is 29.8 Å². The van der Waals surface area contributed by atoms with Crippen LogP contribution in [0.5, 0.6) is 0 Å². The highest BCUT2D eigenvalue weighted by Crippen LogP contribution is 2.32. The highest BCUT2D eigenvalue weighted by Gasteiger charge is 2.36. The number of hydrogen-bond donors (Lipinski definition) is 2. The van der Waals surface area contributed by atoms with Crippen LogP contribution in [0.2, 0.25) is 0 Å². The number of ether oxygens (including phenoxy) is 1. The number of halogens is 1. The molecule has 0 amide bonds. The quantitative estimate of drug-likeness (QED) is 0.750. The second-order valence-corrected chi connectivity index (χ2v) is 7.40. The summed E-state index contributed by atoms with van der Waals surface area (Å²) < 4.78 is 6.16. The first-order valence-electron chi connectivity index (χ1n) is 7.35. The third-order valence-corrected chi connectivity index (χ3v) is 5.89. The van der Waals surface area contributed by atoms with Crippen molar-refractivity contribution >= 4 is 33.2 Å². The van der Waals surface area contributed by atoms with Gasteiger partial charge in [-0.1, -0.05) is 0 Å². The fraction of sp³-hybridized carbons (Fsp3) is 0.667. The minimum Gasteiger partial charge on any atom is -0.466 e. The topological polar surface area (TPSA) is 58.6 Å². The lowest BCUT2D eigenvalue weighted by Gasteiger charge is -2.35. The zero-order chi connectivity index (χ0) is 15.3. The molecule has 0 spiro atoms.